The van der Waals surface area contributed by atoms with Crippen molar-refractivity contribution < 1.29 is 4.79 Å². The molecule has 0 radical (unpaired) electrons. The highest BCUT2D eigenvalue weighted by Crippen LogP contribution is 2.09. The van der Waals surface area contributed by atoms with Crippen molar-refractivity contribution in [3.63, 3.8) is 0 Å². The van der Waals surface area contributed by atoms with Gasteiger partial charge < -0.3 is 5.32 Å². The summed E-state index contributed by atoms with van der Waals surface area (Å²) in [5.74, 6) is -0.337. The third kappa shape index (κ3) is 3.25. The van der Waals surface area contributed by atoms with Crippen LogP contribution >= 0.6 is 15.9 Å². The van der Waals surface area contributed by atoms with Crippen molar-refractivity contribution in [2.24, 2.45) is 0 Å². The third-order valence-electron chi connectivity index (χ3n) is 3.34. The minimum absolute atomic E-state index is 0.0478. The summed E-state index contributed by atoms with van der Waals surface area (Å²) in [6.45, 7) is 0.173. The molecule has 8 nitrogen and oxygen atoms in total. The molecule has 0 saturated heterocycles. The molecule has 0 aliphatic carbocycles. The van der Waals surface area contributed by atoms with E-state index in [-0.39, 0.29) is 24.6 Å². The summed E-state index contributed by atoms with van der Waals surface area (Å²) in [6.07, 6.45) is 4.49. The van der Waals surface area contributed by atoms with Crippen LogP contribution in [0.1, 0.15) is 10.4 Å². The van der Waals surface area contributed by atoms with Crippen LogP contribution < -0.4 is 16.6 Å². The quantitative estimate of drug-likeness (QED) is 0.681. The van der Waals surface area contributed by atoms with Crippen molar-refractivity contribution >= 4 is 32.9 Å². The second kappa shape index (κ2) is 6.75. The Morgan fingerprint density at radius 1 is 1.33 bits per heavy atom. The highest BCUT2D eigenvalue weighted by Gasteiger charge is 2.09. The Hall–Kier alpha value is -2.81. The van der Waals surface area contributed by atoms with Crippen molar-refractivity contribution in [2.75, 3.05) is 6.54 Å². The van der Waals surface area contributed by atoms with Gasteiger partial charge in [-0.25, -0.2) is 9.78 Å². The number of aromatic nitrogens is 4. The predicted octanol–water partition coefficient (Wildman–Crippen LogP) is 0.672. The summed E-state index contributed by atoms with van der Waals surface area (Å²) in [7, 11) is 0. The predicted molar refractivity (Wildman–Crippen MR) is 90.9 cm³/mol. The van der Waals surface area contributed by atoms with Crippen LogP contribution in [0.25, 0.3) is 11.0 Å². The van der Waals surface area contributed by atoms with Gasteiger partial charge in [-0.05, 0) is 34.1 Å². The topological polar surface area (TPSA) is 110 Å². The first-order valence-electron chi connectivity index (χ1n) is 7.03. The van der Waals surface area contributed by atoms with E-state index in [0.717, 1.165) is 4.57 Å². The van der Waals surface area contributed by atoms with Gasteiger partial charge >= 0.3 is 5.69 Å². The fourth-order valence-electron chi connectivity index (χ4n) is 2.21. The molecule has 24 heavy (non-hydrogen) atoms. The van der Waals surface area contributed by atoms with Gasteiger partial charge in [-0.1, -0.05) is 0 Å². The summed E-state index contributed by atoms with van der Waals surface area (Å²) in [4.78, 5) is 46.7. The molecule has 122 valence electrons. The van der Waals surface area contributed by atoms with Crippen LogP contribution in [-0.2, 0) is 6.54 Å². The number of pyridine rings is 2. The summed E-state index contributed by atoms with van der Waals surface area (Å²) >= 11 is 3.24. The molecule has 3 aromatic heterocycles. The van der Waals surface area contributed by atoms with Gasteiger partial charge in [0.15, 0.2) is 0 Å². The number of carbonyl (C=O) groups excluding carboxylic acids is 1. The number of carbonyl (C=O) groups is 1. The SMILES string of the molecule is O=C(NCCn1c(=O)[nH]c2ncccc2c1=O)c1cncc(Br)c1. The van der Waals surface area contributed by atoms with E-state index in [1.165, 1.54) is 12.4 Å². The number of hydrogen-bond acceptors (Lipinski definition) is 5. The fraction of sp³-hybridized carbons (Fsp3) is 0.133. The van der Waals surface area contributed by atoms with Gasteiger partial charge in [0.1, 0.15) is 5.65 Å². The molecular formula is C15H12BrN5O3. The molecule has 0 spiro atoms. The van der Waals surface area contributed by atoms with Crippen molar-refractivity contribution in [3.8, 4) is 0 Å². The van der Waals surface area contributed by atoms with Crippen LogP contribution in [0.15, 0.2) is 50.9 Å². The molecule has 3 aromatic rings. The van der Waals surface area contributed by atoms with Gasteiger partial charge in [-0.2, -0.15) is 0 Å². The third-order valence-corrected chi connectivity index (χ3v) is 3.78. The second-order valence-corrected chi connectivity index (χ2v) is 5.85. The van der Waals surface area contributed by atoms with Crippen molar-refractivity contribution in [1.82, 2.24) is 24.8 Å². The Morgan fingerprint density at radius 3 is 2.96 bits per heavy atom. The number of halogens is 1. The first-order chi connectivity index (χ1) is 11.6. The average molecular weight is 390 g/mol. The number of amides is 1. The van der Waals surface area contributed by atoms with Crippen LogP contribution in [0.3, 0.4) is 0 Å². The lowest BCUT2D eigenvalue weighted by Gasteiger charge is -2.08. The zero-order valence-electron chi connectivity index (χ0n) is 12.3. The first kappa shape index (κ1) is 16.1. The number of nitrogens with zero attached hydrogens (tertiary/aromatic N) is 3. The van der Waals surface area contributed by atoms with E-state index in [1.54, 1.807) is 24.4 Å². The van der Waals surface area contributed by atoms with E-state index in [2.05, 4.69) is 36.2 Å². The minimum Gasteiger partial charge on any atom is -0.350 e. The maximum Gasteiger partial charge on any atom is 0.330 e. The molecule has 0 atom stereocenters. The Balaban J connectivity index is 1.76. The molecule has 0 aromatic carbocycles. The van der Waals surface area contributed by atoms with Gasteiger partial charge in [0, 0.05) is 36.2 Å². The summed E-state index contributed by atoms with van der Waals surface area (Å²) < 4.78 is 1.72. The zero-order valence-corrected chi connectivity index (χ0v) is 13.9. The molecule has 0 fully saturated rings. The zero-order chi connectivity index (χ0) is 17.1. The number of H-pyrrole nitrogens is 1. The molecule has 0 unspecified atom stereocenters. The molecular weight excluding hydrogens is 378 g/mol. The largest absolute Gasteiger partial charge is 0.350 e. The molecule has 0 bridgehead atoms. The summed E-state index contributed by atoms with van der Waals surface area (Å²) in [6, 6.07) is 4.83. The van der Waals surface area contributed by atoms with Crippen molar-refractivity contribution in [3.05, 3.63) is 67.7 Å². The number of hydrogen-bond donors (Lipinski definition) is 2. The first-order valence-corrected chi connectivity index (χ1v) is 7.82. The Bertz CT molecular complexity index is 1030. The van der Waals surface area contributed by atoms with Crippen LogP contribution in [0, 0.1) is 0 Å². The lowest BCUT2D eigenvalue weighted by atomic mass is 10.3. The van der Waals surface area contributed by atoms with E-state index < -0.39 is 11.2 Å². The summed E-state index contributed by atoms with van der Waals surface area (Å²) in [5.41, 5.74) is -0.383. The van der Waals surface area contributed by atoms with Gasteiger partial charge in [-0.15, -0.1) is 0 Å². The van der Waals surface area contributed by atoms with E-state index in [0.29, 0.717) is 15.4 Å². The average Bonchev–Trinajstić information content (AvgIpc) is 2.57. The molecule has 3 rings (SSSR count). The molecule has 3 heterocycles. The van der Waals surface area contributed by atoms with Gasteiger partial charge in [0.2, 0.25) is 0 Å². The number of nitrogens with one attached hydrogen (secondary N) is 2. The van der Waals surface area contributed by atoms with Gasteiger partial charge in [-0.3, -0.25) is 24.1 Å². The van der Waals surface area contributed by atoms with E-state index in [4.69, 9.17) is 0 Å². The van der Waals surface area contributed by atoms with E-state index in [1.807, 2.05) is 0 Å². The second-order valence-electron chi connectivity index (χ2n) is 4.93. The highest BCUT2D eigenvalue weighted by atomic mass is 79.9. The highest BCUT2D eigenvalue weighted by molar-refractivity contribution is 9.10. The molecule has 0 aliphatic heterocycles. The lowest BCUT2D eigenvalue weighted by Crippen LogP contribution is -2.39. The van der Waals surface area contributed by atoms with Crippen molar-refractivity contribution in [2.45, 2.75) is 6.54 Å². The molecule has 9 heteroatoms. The molecule has 0 saturated carbocycles. The smallest absolute Gasteiger partial charge is 0.330 e. The Kier molecular flexibility index (Phi) is 4.52. The standard InChI is InChI=1S/C15H12BrN5O3/c16-10-6-9(7-17-8-10)13(22)19-4-5-21-14(23)11-2-1-3-18-12(11)20-15(21)24/h1-3,6-8H,4-5H2,(H,19,22)(H,18,20,24). The molecule has 2 N–H and O–H groups in total. The van der Waals surface area contributed by atoms with Crippen LogP contribution in [-0.4, -0.2) is 32.0 Å². The number of rotatable bonds is 4. The molecule has 0 aliphatic rings. The van der Waals surface area contributed by atoms with Gasteiger partial charge in [0.05, 0.1) is 10.9 Å². The fourth-order valence-corrected chi connectivity index (χ4v) is 2.57. The van der Waals surface area contributed by atoms with E-state index in [9.17, 15) is 14.4 Å². The van der Waals surface area contributed by atoms with Crippen molar-refractivity contribution in [1.29, 1.82) is 0 Å². The van der Waals surface area contributed by atoms with Crippen LogP contribution in [0.4, 0.5) is 0 Å². The number of fused-ring (bicyclic) bond motifs is 1. The normalized spacial score (nSPS) is 10.7. The Morgan fingerprint density at radius 2 is 2.17 bits per heavy atom. The maximum atomic E-state index is 12.3. The van der Waals surface area contributed by atoms with Crippen LogP contribution in [0.5, 0.6) is 0 Å². The Labute approximate surface area is 143 Å². The minimum atomic E-state index is -0.565. The monoisotopic (exact) mass is 389 g/mol. The maximum absolute atomic E-state index is 12.3. The van der Waals surface area contributed by atoms with Gasteiger partial charge in [0.25, 0.3) is 11.5 Å². The van der Waals surface area contributed by atoms with E-state index >= 15 is 0 Å². The summed E-state index contributed by atoms with van der Waals surface area (Å²) in [5, 5.41) is 2.97. The van der Waals surface area contributed by atoms with Crippen LogP contribution in [0.2, 0.25) is 0 Å². The molecule has 1 amide bonds. The number of aromatic amines is 1. The lowest BCUT2D eigenvalue weighted by molar-refractivity contribution is 0.0951.